The van der Waals surface area contributed by atoms with Crippen LogP contribution in [0.2, 0.25) is 5.02 Å². The van der Waals surface area contributed by atoms with Crippen LogP contribution < -0.4 is 5.32 Å². The van der Waals surface area contributed by atoms with E-state index in [0.29, 0.717) is 33.3 Å². The maximum atomic E-state index is 13.1. The Hall–Kier alpha value is -3.70. The molecule has 5 rings (SSSR count). The third kappa shape index (κ3) is 3.29. The number of aromatic nitrogens is 1. The van der Waals surface area contributed by atoms with Crippen LogP contribution >= 0.6 is 11.6 Å². The van der Waals surface area contributed by atoms with Gasteiger partial charge in [-0.1, -0.05) is 35.9 Å². The molecule has 0 aliphatic rings. The lowest BCUT2D eigenvalue weighted by atomic mass is 10.0. The Bertz CT molecular complexity index is 1410. The van der Waals surface area contributed by atoms with Gasteiger partial charge < -0.3 is 9.73 Å². The average Bonchev–Trinajstić information content (AvgIpc) is 3.17. The van der Waals surface area contributed by atoms with E-state index in [2.05, 4.69) is 10.3 Å². The second-order valence-electron chi connectivity index (χ2n) is 6.80. The summed E-state index contributed by atoms with van der Waals surface area (Å²) in [5.74, 6) is -0.250. The third-order valence-corrected chi connectivity index (χ3v) is 5.18. The Balaban J connectivity index is 1.50. The number of rotatable bonds is 3. The molecule has 0 bridgehead atoms. The van der Waals surface area contributed by atoms with Crippen molar-refractivity contribution >= 4 is 45.1 Å². The van der Waals surface area contributed by atoms with Crippen LogP contribution in [0.5, 0.6) is 0 Å². The number of halogens is 2. The van der Waals surface area contributed by atoms with Crippen LogP contribution in [0.3, 0.4) is 0 Å². The van der Waals surface area contributed by atoms with Gasteiger partial charge in [-0.15, -0.1) is 0 Å². The predicted octanol–water partition coefficient (Wildman–Crippen LogP) is 6.69. The van der Waals surface area contributed by atoms with Gasteiger partial charge in [-0.3, -0.25) is 4.79 Å². The van der Waals surface area contributed by atoms with Crippen LogP contribution in [-0.2, 0) is 0 Å². The molecule has 146 valence electrons. The van der Waals surface area contributed by atoms with Crippen molar-refractivity contribution in [3.05, 3.63) is 95.3 Å². The van der Waals surface area contributed by atoms with Gasteiger partial charge in [-0.25, -0.2) is 9.37 Å². The molecule has 0 radical (unpaired) electrons. The summed E-state index contributed by atoms with van der Waals surface area (Å²) in [4.78, 5) is 17.0. The van der Waals surface area contributed by atoms with Gasteiger partial charge in [0.2, 0.25) is 5.89 Å². The van der Waals surface area contributed by atoms with E-state index in [1.165, 1.54) is 24.3 Å². The zero-order valence-corrected chi connectivity index (χ0v) is 16.3. The number of anilines is 1. The van der Waals surface area contributed by atoms with Crippen LogP contribution in [-0.4, -0.2) is 10.9 Å². The number of carbonyl (C=O) groups excluding carboxylic acids is 1. The highest BCUT2D eigenvalue weighted by molar-refractivity contribution is 6.35. The van der Waals surface area contributed by atoms with Gasteiger partial charge in [-0.05, 0) is 60.0 Å². The van der Waals surface area contributed by atoms with Gasteiger partial charge >= 0.3 is 0 Å². The van der Waals surface area contributed by atoms with E-state index in [1.54, 1.807) is 18.2 Å². The van der Waals surface area contributed by atoms with Gasteiger partial charge in [0.15, 0.2) is 5.58 Å². The fourth-order valence-electron chi connectivity index (χ4n) is 3.38. The highest BCUT2D eigenvalue weighted by Gasteiger charge is 2.14. The highest BCUT2D eigenvalue weighted by Crippen LogP contribution is 2.34. The second kappa shape index (κ2) is 7.28. The molecule has 0 unspecified atom stereocenters. The largest absolute Gasteiger partial charge is 0.436 e. The topological polar surface area (TPSA) is 55.1 Å². The minimum Gasteiger partial charge on any atom is -0.436 e. The number of hydrogen-bond donors (Lipinski definition) is 1. The van der Waals surface area contributed by atoms with Crippen LogP contribution in [0.1, 0.15) is 10.4 Å². The fourth-order valence-corrected chi connectivity index (χ4v) is 3.62. The molecule has 0 atom stereocenters. The number of amides is 1. The van der Waals surface area contributed by atoms with Crippen LogP contribution in [0.4, 0.5) is 10.1 Å². The first kappa shape index (κ1) is 18.3. The maximum absolute atomic E-state index is 13.1. The predicted molar refractivity (Wildman–Crippen MR) is 116 cm³/mol. The lowest BCUT2D eigenvalue weighted by Gasteiger charge is -2.04. The molecular weight excluding hydrogens is 403 g/mol. The first-order chi connectivity index (χ1) is 14.6. The maximum Gasteiger partial charge on any atom is 0.255 e. The summed E-state index contributed by atoms with van der Waals surface area (Å²) in [6, 6.07) is 22.1. The molecule has 1 aromatic heterocycles. The monoisotopic (exact) mass is 416 g/mol. The number of nitrogens with zero attached hydrogens (tertiary/aromatic N) is 1. The van der Waals surface area contributed by atoms with Crippen molar-refractivity contribution in [2.45, 2.75) is 0 Å². The molecule has 0 fully saturated rings. The van der Waals surface area contributed by atoms with E-state index in [1.807, 2.05) is 36.4 Å². The summed E-state index contributed by atoms with van der Waals surface area (Å²) in [6.07, 6.45) is 0. The number of nitrogens with one attached hydrogen (secondary N) is 1. The Labute approximate surface area is 175 Å². The molecule has 1 N–H and O–H groups in total. The summed E-state index contributed by atoms with van der Waals surface area (Å²) >= 11 is 6.31. The molecule has 5 aromatic rings. The number of fused-ring (bicyclic) bond motifs is 2. The molecule has 0 saturated heterocycles. The molecular formula is C24H14ClFN2O2. The van der Waals surface area contributed by atoms with Crippen molar-refractivity contribution in [1.29, 1.82) is 0 Å². The fraction of sp³-hybridized carbons (Fsp3) is 0. The van der Waals surface area contributed by atoms with E-state index in [4.69, 9.17) is 16.0 Å². The van der Waals surface area contributed by atoms with E-state index in [9.17, 15) is 9.18 Å². The van der Waals surface area contributed by atoms with E-state index in [0.717, 1.165) is 16.3 Å². The molecule has 0 spiro atoms. The van der Waals surface area contributed by atoms with E-state index >= 15 is 0 Å². The Kier molecular flexibility index (Phi) is 4.45. The molecule has 4 aromatic carbocycles. The van der Waals surface area contributed by atoms with Crippen molar-refractivity contribution in [2.24, 2.45) is 0 Å². The number of carbonyl (C=O) groups is 1. The van der Waals surface area contributed by atoms with Crippen LogP contribution in [0.15, 0.2) is 83.3 Å². The molecule has 30 heavy (non-hydrogen) atoms. The Morgan fingerprint density at radius 3 is 2.53 bits per heavy atom. The van der Waals surface area contributed by atoms with Crippen LogP contribution in [0, 0.1) is 5.82 Å². The normalized spacial score (nSPS) is 11.1. The minimum absolute atomic E-state index is 0.332. The summed E-state index contributed by atoms with van der Waals surface area (Å²) < 4.78 is 19.0. The quantitative estimate of drug-likeness (QED) is 0.356. The third-order valence-electron chi connectivity index (χ3n) is 4.85. The summed E-state index contributed by atoms with van der Waals surface area (Å²) in [5, 5.41) is 5.33. The number of hydrogen-bond acceptors (Lipinski definition) is 3. The second-order valence-corrected chi connectivity index (χ2v) is 7.21. The smallest absolute Gasteiger partial charge is 0.255 e. The molecule has 0 aliphatic carbocycles. The number of benzene rings is 4. The zero-order chi connectivity index (χ0) is 20.7. The van der Waals surface area contributed by atoms with Crippen molar-refractivity contribution < 1.29 is 13.6 Å². The molecule has 1 amide bonds. The van der Waals surface area contributed by atoms with Crippen molar-refractivity contribution in [3.63, 3.8) is 0 Å². The molecule has 6 heteroatoms. The van der Waals surface area contributed by atoms with Gasteiger partial charge in [-0.2, -0.15) is 0 Å². The SMILES string of the molecule is O=C(Nc1ccc2oc(-c3cccc4c(Cl)cccc34)nc2c1)c1ccc(F)cc1. The first-order valence-corrected chi connectivity index (χ1v) is 9.61. The minimum atomic E-state index is -0.391. The Morgan fingerprint density at radius 1 is 0.933 bits per heavy atom. The summed E-state index contributed by atoms with van der Waals surface area (Å²) in [7, 11) is 0. The Morgan fingerprint density at radius 2 is 1.70 bits per heavy atom. The van der Waals surface area contributed by atoms with Gasteiger partial charge in [0.1, 0.15) is 11.3 Å². The van der Waals surface area contributed by atoms with Gasteiger partial charge in [0.25, 0.3) is 5.91 Å². The van der Waals surface area contributed by atoms with Gasteiger partial charge in [0.05, 0.1) is 0 Å². The lowest BCUT2D eigenvalue weighted by molar-refractivity contribution is 0.102. The molecule has 4 nitrogen and oxygen atoms in total. The van der Waals surface area contributed by atoms with E-state index < -0.39 is 5.82 Å². The number of oxazole rings is 1. The molecule has 0 aliphatic heterocycles. The van der Waals surface area contributed by atoms with Gasteiger partial charge in [0, 0.05) is 27.2 Å². The highest BCUT2D eigenvalue weighted by atomic mass is 35.5. The van der Waals surface area contributed by atoms with Crippen LogP contribution in [0.25, 0.3) is 33.3 Å². The standard InChI is InChI=1S/C24H14ClFN2O2/c25-20-6-2-3-17-18(20)4-1-5-19(17)24-28-21-13-16(11-12-22(21)30-24)27-23(29)14-7-9-15(26)10-8-14/h1-13H,(H,27,29). The average molecular weight is 417 g/mol. The first-order valence-electron chi connectivity index (χ1n) is 9.23. The molecule has 0 saturated carbocycles. The lowest BCUT2D eigenvalue weighted by Crippen LogP contribution is -2.11. The summed E-state index contributed by atoms with van der Waals surface area (Å²) in [6.45, 7) is 0. The molecule has 1 heterocycles. The zero-order valence-electron chi connectivity index (χ0n) is 15.5. The van der Waals surface area contributed by atoms with Crippen molar-refractivity contribution in [3.8, 4) is 11.5 Å². The van der Waals surface area contributed by atoms with Crippen molar-refractivity contribution in [1.82, 2.24) is 4.98 Å². The van der Waals surface area contributed by atoms with E-state index in [-0.39, 0.29) is 5.91 Å². The summed E-state index contributed by atoms with van der Waals surface area (Å²) in [5.41, 5.74) is 2.98. The van der Waals surface area contributed by atoms with Crippen molar-refractivity contribution in [2.75, 3.05) is 5.32 Å².